The first-order chi connectivity index (χ1) is 13.0. The molecule has 0 bridgehead atoms. The number of hydrogen-bond acceptors (Lipinski definition) is 3. The van der Waals surface area contributed by atoms with Crippen molar-refractivity contribution in [2.24, 2.45) is 5.92 Å². The average Bonchev–Trinajstić information content (AvgIpc) is 2.66. The molecule has 2 N–H and O–H groups in total. The number of nitrogens with one attached hydrogen (secondary N) is 2. The van der Waals surface area contributed by atoms with E-state index in [0.29, 0.717) is 17.8 Å². The fourth-order valence-corrected chi connectivity index (χ4v) is 3.25. The van der Waals surface area contributed by atoms with Crippen LogP contribution in [0.3, 0.4) is 0 Å². The Morgan fingerprint density at radius 1 is 1.11 bits per heavy atom. The molecule has 1 aliphatic heterocycles. The number of anilines is 2. The van der Waals surface area contributed by atoms with Gasteiger partial charge in [-0.1, -0.05) is 24.3 Å². The maximum atomic E-state index is 13.6. The largest absolute Gasteiger partial charge is 0.326 e. The van der Waals surface area contributed by atoms with E-state index in [4.69, 9.17) is 0 Å². The maximum absolute atomic E-state index is 13.6. The number of piperidine rings is 1. The predicted molar refractivity (Wildman–Crippen MR) is 104 cm³/mol. The lowest BCUT2D eigenvalue weighted by atomic mass is 9.97. The maximum Gasteiger partial charge on any atom is 0.238 e. The van der Waals surface area contributed by atoms with Crippen LogP contribution in [0.15, 0.2) is 48.5 Å². The summed E-state index contributed by atoms with van der Waals surface area (Å²) in [6.07, 6.45) is 1.67. The number of halogens is 1. The standard InChI is InChI=1S/C21H24FN3O2/c1-15-9-10-18(12-19(15)22)23-20(26)14-25-11-5-6-16(13-25)21(27)24-17-7-3-2-4-8-17/h2-4,7-10,12,16H,5-6,11,13-14H2,1H3,(H,23,26)(H,24,27)/t16-/m1/s1. The van der Waals surface area contributed by atoms with Crippen LogP contribution in [-0.2, 0) is 9.59 Å². The molecule has 1 aliphatic rings. The number of rotatable bonds is 5. The molecule has 0 spiro atoms. The van der Waals surface area contributed by atoms with E-state index in [1.54, 1.807) is 19.1 Å². The SMILES string of the molecule is Cc1ccc(NC(=O)CN2CCC[C@@H](C(=O)Nc3ccccc3)C2)cc1F. The smallest absolute Gasteiger partial charge is 0.238 e. The fraction of sp³-hybridized carbons (Fsp3) is 0.333. The van der Waals surface area contributed by atoms with Crippen molar-refractivity contribution in [3.63, 3.8) is 0 Å². The molecule has 3 rings (SSSR count). The van der Waals surface area contributed by atoms with Gasteiger partial charge in [0.2, 0.25) is 11.8 Å². The Balaban J connectivity index is 1.52. The van der Waals surface area contributed by atoms with Crippen molar-refractivity contribution in [3.05, 3.63) is 59.9 Å². The first-order valence-electron chi connectivity index (χ1n) is 9.15. The van der Waals surface area contributed by atoms with Crippen LogP contribution in [0.5, 0.6) is 0 Å². The van der Waals surface area contributed by atoms with Gasteiger partial charge in [-0.3, -0.25) is 14.5 Å². The van der Waals surface area contributed by atoms with Crippen LogP contribution in [0, 0.1) is 18.7 Å². The van der Waals surface area contributed by atoms with Crippen molar-refractivity contribution < 1.29 is 14.0 Å². The summed E-state index contributed by atoms with van der Waals surface area (Å²) in [6.45, 7) is 3.17. The van der Waals surface area contributed by atoms with Gasteiger partial charge in [-0.25, -0.2) is 4.39 Å². The fourth-order valence-electron chi connectivity index (χ4n) is 3.25. The third kappa shape index (κ3) is 5.37. The summed E-state index contributed by atoms with van der Waals surface area (Å²) in [7, 11) is 0. The average molecular weight is 369 g/mol. The molecular weight excluding hydrogens is 345 g/mol. The molecule has 27 heavy (non-hydrogen) atoms. The van der Waals surface area contributed by atoms with Gasteiger partial charge in [-0.15, -0.1) is 0 Å². The molecule has 6 heteroatoms. The van der Waals surface area contributed by atoms with Crippen LogP contribution >= 0.6 is 0 Å². The van der Waals surface area contributed by atoms with Crippen LogP contribution in [0.4, 0.5) is 15.8 Å². The van der Waals surface area contributed by atoms with E-state index in [9.17, 15) is 14.0 Å². The normalized spacial score (nSPS) is 17.3. The summed E-state index contributed by atoms with van der Waals surface area (Å²) in [5.41, 5.74) is 1.76. The lowest BCUT2D eigenvalue weighted by Crippen LogP contribution is -2.44. The zero-order valence-corrected chi connectivity index (χ0v) is 15.4. The number of nitrogens with zero attached hydrogens (tertiary/aromatic N) is 1. The minimum absolute atomic E-state index is 0.0214. The zero-order chi connectivity index (χ0) is 19.2. The van der Waals surface area contributed by atoms with Crippen LogP contribution < -0.4 is 10.6 Å². The molecule has 0 saturated carbocycles. The Hall–Kier alpha value is -2.73. The van der Waals surface area contributed by atoms with E-state index in [1.165, 1.54) is 6.07 Å². The van der Waals surface area contributed by atoms with E-state index in [0.717, 1.165) is 25.1 Å². The lowest BCUT2D eigenvalue weighted by Gasteiger charge is -2.31. The van der Waals surface area contributed by atoms with Gasteiger partial charge in [0, 0.05) is 17.9 Å². The van der Waals surface area contributed by atoms with E-state index in [1.807, 2.05) is 35.2 Å². The quantitative estimate of drug-likeness (QED) is 0.849. The number of para-hydroxylation sites is 1. The van der Waals surface area contributed by atoms with Gasteiger partial charge in [0.05, 0.1) is 12.5 Å². The molecule has 0 unspecified atom stereocenters. The van der Waals surface area contributed by atoms with Crippen molar-refractivity contribution in [1.29, 1.82) is 0 Å². The van der Waals surface area contributed by atoms with E-state index < -0.39 is 0 Å². The monoisotopic (exact) mass is 369 g/mol. The van der Waals surface area contributed by atoms with Crippen LogP contribution in [0.1, 0.15) is 18.4 Å². The van der Waals surface area contributed by atoms with Crippen LogP contribution in [0.25, 0.3) is 0 Å². The number of carbonyl (C=O) groups excluding carboxylic acids is 2. The number of carbonyl (C=O) groups is 2. The number of amides is 2. The molecular formula is C21H24FN3O2. The van der Waals surface area contributed by atoms with Gasteiger partial charge in [0.25, 0.3) is 0 Å². The van der Waals surface area contributed by atoms with Crippen LogP contribution in [0.2, 0.25) is 0 Å². The first-order valence-corrected chi connectivity index (χ1v) is 9.15. The molecule has 2 aromatic carbocycles. The highest BCUT2D eigenvalue weighted by Crippen LogP contribution is 2.19. The van der Waals surface area contributed by atoms with Gasteiger partial charge in [0.15, 0.2) is 0 Å². The third-order valence-electron chi connectivity index (χ3n) is 4.74. The van der Waals surface area contributed by atoms with Crippen molar-refractivity contribution in [3.8, 4) is 0 Å². The van der Waals surface area contributed by atoms with Gasteiger partial charge in [-0.2, -0.15) is 0 Å². The Kier molecular flexibility index (Phi) is 6.19. The lowest BCUT2D eigenvalue weighted by molar-refractivity contribution is -0.123. The van der Waals surface area contributed by atoms with Crippen molar-refractivity contribution in [1.82, 2.24) is 4.90 Å². The Bertz CT molecular complexity index is 810. The topological polar surface area (TPSA) is 61.4 Å². The van der Waals surface area contributed by atoms with Crippen molar-refractivity contribution in [2.75, 3.05) is 30.3 Å². The van der Waals surface area contributed by atoms with Crippen molar-refractivity contribution in [2.45, 2.75) is 19.8 Å². The highest BCUT2D eigenvalue weighted by molar-refractivity contribution is 5.93. The molecule has 5 nitrogen and oxygen atoms in total. The molecule has 0 aliphatic carbocycles. The minimum Gasteiger partial charge on any atom is -0.326 e. The predicted octanol–water partition coefficient (Wildman–Crippen LogP) is 3.42. The first kappa shape index (κ1) is 19.0. The number of likely N-dealkylation sites (tertiary alicyclic amines) is 1. The second-order valence-corrected chi connectivity index (χ2v) is 6.94. The zero-order valence-electron chi connectivity index (χ0n) is 15.4. The molecule has 1 fully saturated rings. The van der Waals surface area contributed by atoms with Crippen LogP contribution in [-0.4, -0.2) is 36.3 Å². The van der Waals surface area contributed by atoms with E-state index in [-0.39, 0.29) is 30.1 Å². The summed E-state index contributed by atoms with van der Waals surface area (Å²) in [6, 6.07) is 14.0. The summed E-state index contributed by atoms with van der Waals surface area (Å²) in [4.78, 5) is 26.7. The van der Waals surface area contributed by atoms with Crippen molar-refractivity contribution >= 4 is 23.2 Å². The summed E-state index contributed by atoms with van der Waals surface area (Å²) >= 11 is 0. The summed E-state index contributed by atoms with van der Waals surface area (Å²) in [5.74, 6) is -0.721. The molecule has 1 atom stereocenters. The van der Waals surface area contributed by atoms with E-state index >= 15 is 0 Å². The second kappa shape index (κ2) is 8.77. The third-order valence-corrected chi connectivity index (χ3v) is 4.74. The molecule has 142 valence electrons. The summed E-state index contributed by atoms with van der Waals surface area (Å²) < 4.78 is 13.6. The van der Waals surface area contributed by atoms with Gasteiger partial charge in [0.1, 0.15) is 5.82 Å². The number of hydrogen-bond donors (Lipinski definition) is 2. The molecule has 0 radical (unpaired) electrons. The van der Waals surface area contributed by atoms with Gasteiger partial charge < -0.3 is 10.6 Å². The Morgan fingerprint density at radius 2 is 1.89 bits per heavy atom. The molecule has 2 amide bonds. The molecule has 0 aromatic heterocycles. The van der Waals surface area contributed by atoms with Gasteiger partial charge in [-0.05, 0) is 56.1 Å². The number of aryl methyl sites for hydroxylation is 1. The highest BCUT2D eigenvalue weighted by Gasteiger charge is 2.26. The molecule has 2 aromatic rings. The second-order valence-electron chi connectivity index (χ2n) is 6.94. The highest BCUT2D eigenvalue weighted by atomic mass is 19.1. The van der Waals surface area contributed by atoms with Gasteiger partial charge >= 0.3 is 0 Å². The molecule has 1 heterocycles. The van der Waals surface area contributed by atoms with E-state index in [2.05, 4.69) is 10.6 Å². The Labute approximate surface area is 158 Å². The minimum atomic E-state index is -0.344. The Morgan fingerprint density at radius 3 is 2.63 bits per heavy atom. The molecule has 1 saturated heterocycles. The number of benzene rings is 2. The summed E-state index contributed by atoms with van der Waals surface area (Å²) in [5, 5.41) is 5.65.